The first-order valence-electron chi connectivity index (χ1n) is 9.47. The third-order valence-corrected chi connectivity index (χ3v) is 5.55. The Hall–Kier alpha value is 0.153. The standard InChI is InChI=1S/C20H29NO.2ClH.Zr/c1-15-10-12-18(13-11-15)21-14-17-8-5-9-19(20(17)22)16-6-3-2-4-7-16;;;/h5,8-9,14-16,18,22H,2-4,6-7,10-13H2,1H3;2*1H;/q;;;+2/p-2. The van der Waals surface area contributed by atoms with E-state index in [0.717, 1.165) is 17.0 Å². The average molecular weight is 462 g/mol. The molecule has 2 saturated carbocycles. The second-order valence-electron chi connectivity index (χ2n) is 7.38. The zero-order valence-corrected chi connectivity index (χ0v) is 19.0. The van der Waals surface area contributed by atoms with Crippen molar-refractivity contribution in [2.75, 3.05) is 0 Å². The van der Waals surface area contributed by atoms with Gasteiger partial charge in [-0.2, -0.15) is 0 Å². The molecule has 0 aromatic heterocycles. The normalized spacial score (nSPS) is 24.6. The molecule has 1 N–H and O–H groups in total. The van der Waals surface area contributed by atoms with E-state index >= 15 is 0 Å². The van der Waals surface area contributed by atoms with Gasteiger partial charge in [-0.25, -0.2) is 0 Å². The number of phenols is 1. The summed E-state index contributed by atoms with van der Waals surface area (Å²) < 4.78 is 0. The third kappa shape index (κ3) is 7.00. The van der Waals surface area contributed by atoms with Gasteiger partial charge in [0.15, 0.2) is 0 Å². The SMILES string of the molecule is CC1CCC(N=Cc2cccc(C3CCCCC3)c2O)CC1.[Cl][Zr][Cl]. The summed E-state index contributed by atoms with van der Waals surface area (Å²) >= 11 is -0.826. The molecular weight excluding hydrogens is 432 g/mol. The Balaban J connectivity index is 0.000000701. The van der Waals surface area contributed by atoms with Gasteiger partial charge >= 0.3 is 37.9 Å². The van der Waals surface area contributed by atoms with Crippen molar-refractivity contribution in [3.8, 4) is 5.75 Å². The third-order valence-electron chi connectivity index (χ3n) is 5.55. The van der Waals surface area contributed by atoms with Gasteiger partial charge in [0.05, 0.1) is 0 Å². The molecule has 3 rings (SSSR count). The number of benzene rings is 1. The van der Waals surface area contributed by atoms with Gasteiger partial charge in [0.1, 0.15) is 5.75 Å². The molecule has 5 heteroatoms. The Bertz CT molecular complexity index is 538. The molecule has 0 bridgehead atoms. The Morgan fingerprint density at radius 1 is 1.04 bits per heavy atom. The van der Waals surface area contributed by atoms with Crippen LogP contribution < -0.4 is 0 Å². The number of phenolic OH excluding ortho intramolecular Hbond substituents is 1. The number of aromatic hydroxyl groups is 1. The van der Waals surface area contributed by atoms with Crippen molar-refractivity contribution in [3.05, 3.63) is 29.3 Å². The van der Waals surface area contributed by atoms with Crippen LogP contribution in [-0.4, -0.2) is 17.4 Å². The van der Waals surface area contributed by atoms with Crippen molar-refractivity contribution < 1.29 is 26.0 Å². The summed E-state index contributed by atoms with van der Waals surface area (Å²) in [7, 11) is 9.87. The summed E-state index contributed by atoms with van der Waals surface area (Å²) in [6.07, 6.45) is 13.3. The van der Waals surface area contributed by atoms with Crippen LogP contribution in [0.25, 0.3) is 0 Å². The van der Waals surface area contributed by atoms with E-state index in [4.69, 9.17) is 22.0 Å². The Morgan fingerprint density at radius 3 is 2.32 bits per heavy atom. The van der Waals surface area contributed by atoms with Gasteiger partial charge in [-0.3, -0.25) is 4.99 Å². The fourth-order valence-electron chi connectivity index (χ4n) is 4.00. The fourth-order valence-corrected chi connectivity index (χ4v) is 4.00. The van der Waals surface area contributed by atoms with Crippen molar-refractivity contribution >= 4 is 23.2 Å². The molecule has 2 nitrogen and oxygen atoms in total. The summed E-state index contributed by atoms with van der Waals surface area (Å²) in [6, 6.07) is 6.63. The molecule has 138 valence electrons. The Labute approximate surface area is 171 Å². The van der Waals surface area contributed by atoms with E-state index in [2.05, 4.69) is 19.1 Å². The molecule has 2 aliphatic rings. The number of hydrogen-bond donors (Lipinski definition) is 1. The predicted octanol–water partition coefficient (Wildman–Crippen LogP) is 6.81. The van der Waals surface area contributed by atoms with Crippen LogP contribution in [0.15, 0.2) is 23.2 Å². The van der Waals surface area contributed by atoms with Crippen LogP contribution >= 0.6 is 17.0 Å². The average Bonchev–Trinajstić information content (AvgIpc) is 2.64. The molecule has 0 saturated heterocycles. The van der Waals surface area contributed by atoms with Crippen LogP contribution in [0.1, 0.15) is 81.8 Å². The summed E-state index contributed by atoms with van der Waals surface area (Å²) in [5.74, 6) is 1.87. The molecule has 2 aliphatic carbocycles. The van der Waals surface area contributed by atoms with Crippen molar-refractivity contribution in [3.63, 3.8) is 0 Å². The fraction of sp³-hybridized carbons (Fsp3) is 0.650. The number of rotatable bonds is 3. The van der Waals surface area contributed by atoms with Gasteiger partial charge in [0.25, 0.3) is 0 Å². The molecular formula is C20H29Cl2NOZr. The zero-order chi connectivity index (χ0) is 18.1. The van der Waals surface area contributed by atoms with Crippen molar-refractivity contribution in [2.24, 2.45) is 10.9 Å². The maximum atomic E-state index is 10.6. The molecule has 1 aromatic rings. The number of aliphatic imine (C=N–C) groups is 1. The molecule has 0 aliphatic heterocycles. The van der Waals surface area contributed by atoms with Crippen molar-refractivity contribution in [1.29, 1.82) is 0 Å². The quantitative estimate of drug-likeness (QED) is 0.493. The molecule has 1 aromatic carbocycles. The maximum absolute atomic E-state index is 10.6. The minimum absolute atomic E-state index is 0.453. The van der Waals surface area contributed by atoms with Crippen LogP contribution in [0.5, 0.6) is 5.75 Å². The Morgan fingerprint density at radius 2 is 1.68 bits per heavy atom. The topological polar surface area (TPSA) is 32.6 Å². The van der Waals surface area contributed by atoms with E-state index in [-0.39, 0.29) is 0 Å². The summed E-state index contributed by atoms with van der Waals surface area (Å²) in [5.41, 5.74) is 2.04. The first-order valence-corrected chi connectivity index (χ1v) is 15.8. The summed E-state index contributed by atoms with van der Waals surface area (Å²) in [6.45, 7) is 2.33. The van der Waals surface area contributed by atoms with Gasteiger partial charge in [0.2, 0.25) is 0 Å². The first-order chi connectivity index (χ1) is 12.2. The summed E-state index contributed by atoms with van der Waals surface area (Å²) in [4.78, 5) is 4.75. The number of halogens is 2. The molecule has 25 heavy (non-hydrogen) atoms. The zero-order valence-electron chi connectivity index (χ0n) is 15.1. The molecule has 0 amide bonds. The second kappa shape index (κ2) is 11.8. The molecule has 0 atom stereocenters. The first kappa shape index (κ1) is 21.5. The van der Waals surface area contributed by atoms with Crippen LogP contribution in [0.3, 0.4) is 0 Å². The van der Waals surface area contributed by atoms with Crippen molar-refractivity contribution in [2.45, 2.75) is 76.7 Å². The van der Waals surface area contributed by atoms with Gasteiger partial charge in [0, 0.05) is 17.8 Å². The number of para-hydroxylation sites is 1. The molecule has 2 fully saturated rings. The van der Waals surface area contributed by atoms with Gasteiger partial charge in [-0.15, -0.1) is 0 Å². The van der Waals surface area contributed by atoms with E-state index in [1.165, 1.54) is 57.8 Å². The van der Waals surface area contributed by atoms with E-state index in [9.17, 15) is 5.11 Å². The van der Waals surface area contributed by atoms with Crippen LogP contribution in [0.4, 0.5) is 0 Å². The van der Waals surface area contributed by atoms with Gasteiger partial charge in [-0.1, -0.05) is 38.3 Å². The van der Waals surface area contributed by atoms with Crippen LogP contribution in [0.2, 0.25) is 0 Å². The van der Waals surface area contributed by atoms with Crippen LogP contribution in [0, 0.1) is 5.92 Å². The van der Waals surface area contributed by atoms with E-state index in [0.29, 0.717) is 17.7 Å². The predicted molar refractivity (Wildman–Crippen MR) is 105 cm³/mol. The summed E-state index contributed by atoms with van der Waals surface area (Å²) in [5, 5.41) is 10.6. The monoisotopic (exact) mass is 459 g/mol. The van der Waals surface area contributed by atoms with Crippen molar-refractivity contribution in [1.82, 2.24) is 0 Å². The Kier molecular flexibility index (Phi) is 10.1. The molecule has 0 spiro atoms. The second-order valence-corrected chi connectivity index (χ2v) is 11.1. The molecule has 0 unspecified atom stereocenters. The van der Waals surface area contributed by atoms with Gasteiger partial charge < -0.3 is 5.11 Å². The minimum atomic E-state index is -0.826. The van der Waals surface area contributed by atoms with E-state index < -0.39 is 20.8 Å². The van der Waals surface area contributed by atoms with Crippen LogP contribution in [-0.2, 0) is 20.8 Å². The number of nitrogens with zero attached hydrogens (tertiary/aromatic N) is 1. The van der Waals surface area contributed by atoms with E-state index in [1.807, 2.05) is 12.3 Å². The van der Waals surface area contributed by atoms with Gasteiger partial charge in [-0.05, 0) is 62.0 Å². The van der Waals surface area contributed by atoms with E-state index in [1.54, 1.807) is 0 Å². The number of hydrogen-bond acceptors (Lipinski definition) is 2. The molecule has 0 heterocycles. The molecule has 0 radical (unpaired) electrons.